The average molecular weight is 484 g/mol. The lowest BCUT2D eigenvalue weighted by Crippen LogP contribution is -2.36. The zero-order valence-corrected chi connectivity index (χ0v) is 17.1. The fourth-order valence-electron chi connectivity index (χ4n) is 2.57. The third-order valence-corrected chi connectivity index (χ3v) is 3.84. The maximum atomic E-state index is 11.1. The summed E-state index contributed by atoms with van der Waals surface area (Å²) in [6.07, 6.45) is 0. The smallest absolute Gasteiger partial charge is 0.274 e. The van der Waals surface area contributed by atoms with E-state index >= 15 is 0 Å². The van der Waals surface area contributed by atoms with Gasteiger partial charge in [0.2, 0.25) is 6.79 Å². The lowest BCUT2D eigenvalue weighted by molar-refractivity contribution is -0.385. The molecule has 0 bridgehead atoms. The molecule has 0 amide bonds. The maximum Gasteiger partial charge on any atom is 0.274 e. The molecule has 2 N–H and O–H groups in total. The van der Waals surface area contributed by atoms with E-state index in [1.807, 2.05) is 25.1 Å². The number of fused-ring (bicyclic) bond motifs is 1. The van der Waals surface area contributed by atoms with Crippen molar-refractivity contribution in [1.29, 1.82) is 0 Å². The van der Waals surface area contributed by atoms with Gasteiger partial charge in [-0.25, -0.2) is 4.99 Å². The maximum absolute atomic E-state index is 11.1. The number of nitrogens with one attached hydrogen (secondary N) is 2. The van der Waals surface area contributed by atoms with Crippen molar-refractivity contribution >= 4 is 35.6 Å². The van der Waals surface area contributed by atoms with Crippen LogP contribution < -0.4 is 20.1 Å². The number of guanidine groups is 1. The van der Waals surface area contributed by atoms with Crippen LogP contribution in [-0.4, -0.2) is 24.2 Å². The number of rotatable bonds is 6. The molecule has 0 spiro atoms. The molecule has 0 saturated heterocycles. The van der Waals surface area contributed by atoms with E-state index in [9.17, 15) is 10.1 Å². The molecule has 1 heterocycles. The Hall–Kier alpha value is -2.56. The van der Waals surface area contributed by atoms with Gasteiger partial charge >= 0.3 is 0 Å². The summed E-state index contributed by atoms with van der Waals surface area (Å²) in [4.78, 5) is 15.3. The molecule has 0 fully saturated rings. The Balaban J connectivity index is 0.00000261. The number of hydrogen-bond donors (Lipinski definition) is 2. The Bertz CT molecular complexity index is 829. The molecule has 2 aromatic carbocycles. The molecule has 0 unspecified atom stereocenters. The molecule has 144 valence electrons. The van der Waals surface area contributed by atoms with Crippen molar-refractivity contribution in [2.45, 2.75) is 20.0 Å². The predicted octanol–water partition coefficient (Wildman–Crippen LogP) is 3.20. The van der Waals surface area contributed by atoms with E-state index in [2.05, 4.69) is 15.6 Å². The third-order valence-electron chi connectivity index (χ3n) is 3.84. The first-order chi connectivity index (χ1) is 12.7. The van der Waals surface area contributed by atoms with E-state index in [1.54, 1.807) is 18.2 Å². The van der Waals surface area contributed by atoms with Crippen molar-refractivity contribution in [3.8, 4) is 11.5 Å². The van der Waals surface area contributed by atoms with Crippen molar-refractivity contribution in [1.82, 2.24) is 10.6 Å². The van der Waals surface area contributed by atoms with E-state index in [0.29, 0.717) is 31.2 Å². The van der Waals surface area contributed by atoms with Crippen LogP contribution in [0.4, 0.5) is 5.69 Å². The van der Waals surface area contributed by atoms with Gasteiger partial charge in [0.25, 0.3) is 5.69 Å². The topological polar surface area (TPSA) is 98.0 Å². The van der Waals surface area contributed by atoms with Crippen molar-refractivity contribution in [3.63, 3.8) is 0 Å². The number of nitro benzene ring substituents is 1. The van der Waals surface area contributed by atoms with E-state index in [-0.39, 0.29) is 41.4 Å². The summed E-state index contributed by atoms with van der Waals surface area (Å²) in [5.74, 6) is 2.04. The van der Waals surface area contributed by atoms with Gasteiger partial charge in [0.15, 0.2) is 17.5 Å². The summed E-state index contributed by atoms with van der Waals surface area (Å²) < 4.78 is 10.7. The molecular weight excluding hydrogens is 463 g/mol. The van der Waals surface area contributed by atoms with Crippen LogP contribution in [0.5, 0.6) is 11.5 Å². The number of para-hydroxylation sites is 1. The number of hydrogen-bond acceptors (Lipinski definition) is 5. The molecule has 8 nitrogen and oxygen atoms in total. The highest BCUT2D eigenvalue weighted by molar-refractivity contribution is 14.0. The normalized spacial score (nSPS) is 12.3. The SMILES string of the molecule is CCNC(=NCc1ccc2c(c1)OCO2)NCc1ccccc1[N+](=O)[O-].I. The second kappa shape index (κ2) is 9.95. The van der Waals surface area contributed by atoms with Crippen LogP contribution in [0.1, 0.15) is 18.1 Å². The van der Waals surface area contributed by atoms with Crippen LogP contribution in [-0.2, 0) is 13.1 Å². The number of benzene rings is 2. The highest BCUT2D eigenvalue weighted by atomic mass is 127. The first kappa shape index (κ1) is 20.7. The van der Waals surface area contributed by atoms with E-state index < -0.39 is 0 Å². The number of nitro groups is 1. The lowest BCUT2D eigenvalue weighted by Gasteiger charge is -2.11. The zero-order chi connectivity index (χ0) is 18.4. The molecule has 1 aliphatic rings. The predicted molar refractivity (Wildman–Crippen MR) is 113 cm³/mol. The Kier molecular flexibility index (Phi) is 7.65. The minimum Gasteiger partial charge on any atom is -0.454 e. The first-order valence-corrected chi connectivity index (χ1v) is 8.30. The molecule has 0 atom stereocenters. The summed E-state index contributed by atoms with van der Waals surface area (Å²) in [6.45, 7) is 3.64. The van der Waals surface area contributed by atoms with Gasteiger partial charge in [0.05, 0.1) is 11.5 Å². The number of nitrogens with zero attached hydrogens (tertiary/aromatic N) is 2. The quantitative estimate of drug-likeness (QED) is 0.215. The van der Waals surface area contributed by atoms with Gasteiger partial charge in [-0.3, -0.25) is 10.1 Å². The Labute approximate surface area is 174 Å². The lowest BCUT2D eigenvalue weighted by atomic mass is 10.2. The number of ether oxygens (including phenoxy) is 2. The van der Waals surface area contributed by atoms with Crippen LogP contribution in [0.25, 0.3) is 0 Å². The molecule has 9 heteroatoms. The summed E-state index contributed by atoms with van der Waals surface area (Å²) in [5, 5.41) is 17.4. The van der Waals surface area contributed by atoms with Crippen molar-refractivity contribution < 1.29 is 14.4 Å². The Morgan fingerprint density at radius 1 is 1.19 bits per heavy atom. The Morgan fingerprint density at radius 3 is 2.74 bits per heavy atom. The molecule has 0 saturated carbocycles. The second-order valence-corrected chi connectivity index (χ2v) is 5.62. The summed E-state index contributed by atoms with van der Waals surface area (Å²) in [7, 11) is 0. The van der Waals surface area contributed by atoms with Gasteiger partial charge in [-0.1, -0.05) is 24.3 Å². The van der Waals surface area contributed by atoms with E-state index in [4.69, 9.17) is 9.47 Å². The monoisotopic (exact) mass is 484 g/mol. The zero-order valence-electron chi connectivity index (χ0n) is 14.8. The van der Waals surface area contributed by atoms with Gasteiger partial charge in [-0.2, -0.15) is 0 Å². The molecule has 0 aliphatic carbocycles. The second-order valence-electron chi connectivity index (χ2n) is 5.62. The minimum atomic E-state index is -0.381. The minimum absolute atomic E-state index is 0. The summed E-state index contributed by atoms with van der Waals surface area (Å²) in [5.41, 5.74) is 1.68. The van der Waals surface area contributed by atoms with Gasteiger partial charge in [-0.05, 0) is 24.6 Å². The van der Waals surface area contributed by atoms with E-state index in [0.717, 1.165) is 17.1 Å². The summed E-state index contributed by atoms with van der Waals surface area (Å²) >= 11 is 0. The largest absolute Gasteiger partial charge is 0.454 e. The molecule has 1 aliphatic heterocycles. The molecule has 0 aromatic heterocycles. The van der Waals surface area contributed by atoms with Gasteiger partial charge in [0.1, 0.15) is 0 Å². The fraction of sp³-hybridized carbons (Fsp3) is 0.278. The van der Waals surface area contributed by atoms with Crippen LogP contribution in [0.3, 0.4) is 0 Å². The van der Waals surface area contributed by atoms with Crippen LogP contribution in [0.2, 0.25) is 0 Å². The number of halogens is 1. The molecule has 3 rings (SSSR count). The van der Waals surface area contributed by atoms with E-state index in [1.165, 1.54) is 6.07 Å². The van der Waals surface area contributed by atoms with Crippen molar-refractivity contribution in [3.05, 3.63) is 63.7 Å². The van der Waals surface area contributed by atoms with Gasteiger partial charge in [0, 0.05) is 24.7 Å². The van der Waals surface area contributed by atoms with Gasteiger partial charge < -0.3 is 20.1 Å². The first-order valence-electron chi connectivity index (χ1n) is 8.30. The average Bonchev–Trinajstić information content (AvgIpc) is 3.12. The molecule has 2 aromatic rings. The molecule has 27 heavy (non-hydrogen) atoms. The third kappa shape index (κ3) is 5.46. The summed E-state index contributed by atoms with van der Waals surface area (Å²) in [6, 6.07) is 12.3. The van der Waals surface area contributed by atoms with Crippen LogP contribution in [0.15, 0.2) is 47.5 Å². The van der Waals surface area contributed by atoms with Crippen LogP contribution in [0, 0.1) is 10.1 Å². The standard InChI is InChI=1S/C18H20N4O4.HI/c1-2-19-18(21-11-14-5-3-4-6-15(14)22(23)24)20-10-13-7-8-16-17(9-13)26-12-25-16;/h3-9H,2,10-12H2,1H3,(H2,19,20,21);1H. The fourth-order valence-corrected chi connectivity index (χ4v) is 2.57. The number of aliphatic imine (C=N–C) groups is 1. The van der Waals surface area contributed by atoms with Gasteiger partial charge in [-0.15, -0.1) is 24.0 Å². The van der Waals surface area contributed by atoms with Crippen LogP contribution >= 0.6 is 24.0 Å². The highest BCUT2D eigenvalue weighted by Crippen LogP contribution is 2.32. The highest BCUT2D eigenvalue weighted by Gasteiger charge is 2.14. The molecular formula is C18H21IN4O4. The Morgan fingerprint density at radius 2 is 1.96 bits per heavy atom. The molecule has 0 radical (unpaired) electrons. The van der Waals surface area contributed by atoms with Crippen molar-refractivity contribution in [2.75, 3.05) is 13.3 Å². The van der Waals surface area contributed by atoms with Crippen molar-refractivity contribution in [2.24, 2.45) is 4.99 Å².